The fourth-order valence-electron chi connectivity index (χ4n) is 4.02. The summed E-state index contributed by atoms with van der Waals surface area (Å²) in [6.07, 6.45) is 4.98. The van der Waals surface area contributed by atoms with E-state index in [2.05, 4.69) is 37.5 Å². The Morgan fingerprint density at radius 3 is 2.29 bits per heavy atom. The van der Waals surface area contributed by atoms with E-state index in [1.54, 1.807) is 0 Å². The summed E-state index contributed by atoms with van der Waals surface area (Å²) in [5, 5.41) is 0. The molecule has 0 bridgehead atoms. The van der Waals surface area contributed by atoms with Crippen molar-refractivity contribution in [1.82, 2.24) is 9.80 Å². The van der Waals surface area contributed by atoms with Crippen LogP contribution in [-0.2, 0) is 4.79 Å². The van der Waals surface area contributed by atoms with Gasteiger partial charge in [0.2, 0.25) is 5.91 Å². The van der Waals surface area contributed by atoms with Gasteiger partial charge in [-0.05, 0) is 55.9 Å². The Morgan fingerprint density at radius 2 is 1.71 bits per heavy atom. The molecular formula is C18H34N2O. The number of piperidine rings is 1. The van der Waals surface area contributed by atoms with Crippen LogP contribution in [0.1, 0.15) is 53.4 Å². The van der Waals surface area contributed by atoms with Crippen LogP contribution in [0.25, 0.3) is 0 Å². The minimum absolute atomic E-state index is 0.363. The lowest BCUT2D eigenvalue weighted by molar-refractivity contribution is -0.133. The summed E-state index contributed by atoms with van der Waals surface area (Å²) in [6, 6.07) is 0. The van der Waals surface area contributed by atoms with Crippen molar-refractivity contribution in [3.63, 3.8) is 0 Å². The number of hydrogen-bond acceptors (Lipinski definition) is 2. The molecule has 2 fully saturated rings. The van der Waals surface area contributed by atoms with Gasteiger partial charge in [-0.15, -0.1) is 0 Å². The number of amides is 1. The van der Waals surface area contributed by atoms with Gasteiger partial charge in [0.25, 0.3) is 0 Å². The van der Waals surface area contributed by atoms with E-state index in [1.165, 1.54) is 25.7 Å². The lowest BCUT2D eigenvalue weighted by Gasteiger charge is -2.34. The number of likely N-dealkylation sites (tertiary alicyclic amines) is 2. The molecule has 21 heavy (non-hydrogen) atoms. The van der Waals surface area contributed by atoms with Crippen LogP contribution in [-0.4, -0.2) is 48.4 Å². The molecule has 2 saturated heterocycles. The standard InChI is InChI=1S/C18H34N2O/c1-14(2)11-16-5-8-19(12-16)13-18(21)20-9-6-17(7-10-20)15(3)4/h14-17H,5-13H2,1-4H3/t16-/m0/s1. The summed E-state index contributed by atoms with van der Waals surface area (Å²) < 4.78 is 0. The topological polar surface area (TPSA) is 23.6 Å². The van der Waals surface area contributed by atoms with E-state index in [4.69, 9.17) is 0 Å². The number of rotatable bonds is 5. The maximum atomic E-state index is 12.4. The highest BCUT2D eigenvalue weighted by atomic mass is 16.2. The third kappa shape index (κ3) is 4.98. The smallest absolute Gasteiger partial charge is 0.236 e. The van der Waals surface area contributed by atoms with Gasteiger partial charge in [-0.3, -0.25) is 9.69 Å². The zero-order chi connectivity index (χ0) is 15.4. The summed E-state index contributed by atoms with van der Waals surface area (Å²) >= 11 is 0. The van der Waals surface area contributed by atoms with Crippen molar-refractivity contribution < 1.29 is 4.79 Å². The van der Waals surface area contributed by atoms with Crippen LogP contribution >= 0.6 is 0 Å². The fraction of sp³-hybridized carbons (Fsp3) is 0.944. The first kappa shape index (κ1) is 16.8. The molecule has 2 aliphatic rings. The average Bonchev–Trinajstić information content (AvgIpc) is 2.85. The van der Waals surface area contributed by atoms with Crippen LogP contribution in [0.2, 0.25) is 0 Å². The fourth-order valence-corrected chi connectivity index (χ4v) is 4.02. The maximum absolute atomic E-state index is 12.4. The molecule has 3 heteroatoms. The summed E-state index contributed by atoms with van der Waals surface area (Å²) in [5.41, 5.74) is 0. The SMILES string of the molecule is CC(C)C[C@@H]1CCN(CC(=O)N2CCC(C(C)C)CC2)C1. The van der Waals surface area contributed by atoms with Gasteiger partial charge in [0, 0.05) is 19.6 Å². The van der Waals surface area contributed by atoms with Crippen molar-refractivity contribution >= 4 is 5.91 Å². The summed E-state index contributed by atoms with van der Waals surface area (Å²) in [5.74, 6) is 3.53. The Morgan fingerprint density at radius 1 is 1.05 bits per heavy atom. The highest BCUT2D eigenvalue weighted by molar-refractivity contribution is 5.78. The van der Waals surface area contributed by atoms with E-state index in [1.807, 2.05) is 0 Å². The Balaban J connectivity index is 1.71. The van der Waals surface area contributed by atoms with Crippen LogP contribution < -0.4 is 0 Å². The predicted octanol–water partition coefficient (Wildman–Crippen LogP) is 3.25. The van der Waals surface area contributed by atoms with E-state index in [-0.39, 0.29) is 0 Å². The lowest BCUT2D eigenvalue weighted by atomic mass is 9.87. The summed E-state index contributed by atoms with van der Waals surface area (Å²) in [6.45, 7) is 14.1. The quantitative estimate of drug-likeness (QED) is 0.777. The van der Waals surface area contributed by atoms with Gasteiger partial charge in [-0.1, -0.05) is 27.7 Å². The molecule has 0 spiro atoms. The normalized spacial score (nSPS) is 25.2. The molecule has 0 radical (unpaired) electrons. The highest BCUT2D eigenvalue weighted by Crippen LogP contribution is 2.26. The van der Waals surface area contributed by atoms with Crippen molar-refractivity contribution in [2.24, 2.45) is 23.7 Å². The molecule has 122 valence electrons. The monoisotopic (exact) mass is 294 g/mol. The second-order valence-electron chi connectivity index (χ2n) is 7.98. The van der Waals surface area contributed by atoms with Crippen molar-refractivity contribution in [3.05, 3.63) is 0 Å². The van der Waals surface area contributed by atoms with E-state index >= 15 is 0 Å². The zero-order valence-electron chi connectivity index (χ0n) is 14.5. The van der Waals surface area contributed by atoms with Crippen LogP contribution in [0.5, 0.6) is 0 Å². The third-order valence-corrected chi connectivity index (χ3v) is 5.37. The predicted molar refractivity (Wildman–Crippen MR) is 88.1 cm³/mol. The largest absolute Gasteiger partial charge is 0.342 e. The zero-order valence-corrected chi connectivity index (χ0v) is 14.5. The second kappa shape index (κ2) is 7.62. The molecule has 0 N–H and O–H groups in total. The van der Waals surface area contributed by atoms with Crippen molar-refractivity contribution in [1.29, 1.82) is 0 Å². The first-order valence-corrected chi connectivity index (χ1v) is 8.95. The molecule has 3 nitrogen and oxygen atoms in total. The summed E-state index contributed by atoms with van der Waals surface area (Å²) in [7, 11) is 0. The Bertz CT molecular complexity index is 332. The molecule has 0 aliphatic carbocycles. The molecule has 0 aromatic heterocycles. The van der Waals surface area contributed by atoms with Crippen LogP contribution in [0.3, 0.4) is 0 Å². The molecule has 1 amide bonds. The number of carbonyl (C=O) groups excluding carboxylic acids is 1. The maximum Gasteiger partial charge on any atom is 0.236 e. The van der Waals surface area contributed by atoms with Gasteiger partial charge < -0.3 is 4.90 Å². The van der Waals surface area contributed by atoms with Gasteiger partial charge in [0.1, 0.15) is 0 Å². The molecule has 1 atom stereocenters. The summed E-state index contributed by atoms with van der Waals surface area (Å²) in [4.78, 5) is 16.9. The first-order chi connectivity index (χ1) is 9.95. The number of carbonyl (C=O) groups is 1. The van der Waals surface area contributed by atoms with Crippen molar-refractivity contribution in [3.8, 4) is 0 Å². The van der Waals surface area contributed by atoms with Crippen LogP contribution in [0.4, 0.5) is 0 Å². The van der Waals surface area contributed by atoms with Crippen LogP contribution in [0, 0.1) is 23.7 Å². The van der Waals surface area contributed by atoms with E-state index in [9.17, 15) is 4.79 Å². The molecule has 2 heterocycles. The van der Waals surface area contributed by atoms with Crippen molar-refractivity contribution in [2.45, 2.75) is 53.4 Å². The molecule has 0 saturated carbocycles. The number of hydrogen-bond donors (Lipinski definition) is 0. The van der Waals surface area contributed by atoms with Gasteiger partial charge in [0.15, 0.2) is 0 Å². The molecular weight excluding hydrogens is 260 g/mol. The van der Waals surface area contributed by atoms with Crippen LogP contribution in [0.15, 0.2) is 0 Å². The minimum atomic E-state index is 0.363. The molecule has 0 aromatic rings. The Labute approximate surface area is 131 Å². The van der Waals surface area contributed by atoms with Gasteiger partial charge >= 0.3 is 0 Å². The average molecular weight is 294 g/mol. The Hall–Kier alpha value is -0.570. The van der Waals surface area contributed by atoms with Gasteiger partial charge in [0.05, 0.1) is 6.54 Å². The number of nitrogens with zero attached hydrogens (tertiary/aromatic N) is 2. The molecule has 0 unspecified atom stereocenters. The lowest BCUT2D eigenvalue weighted by Crippen LogP contribution is -2.44. The van der Waals surface area contributed by atoms with E-state index in [0.29, 0.717) is 12.5 Å². The third-order valence-electron chi connectivity index (χ3n) is 5.37. The molecule has 2 aliphatic heterocycles. The second-order valence-corrected chi connectivity index (χ2v) is 7.98. The Kier molecular flexibility index (Phi) is 6.09. The molecule has 2 rings (SSSR count). The first-order valence-electron chi connectivity index (χ1n) is 8.95. The van der Waals surface area contributed by atoms with E-state index < -0.39 is 0 Å². The molecule has 0 aromatic carbocycles. The highest BCUT2D eigenvalue weighted by Gasteiger charge is 2.28. The van der Waals surface area contributed by atoms with Gasteiger partial charge in [-0.25, -0.2) is 0 Å². The van der Waals surface area contributed by atoms with Gasteiger partial charge in [-0.2, -0.15) is 0 Å². The minimum Gasteiger partial charge on any atom is -0.342 e. The van der Waals surface area contributed by atoms with E-state index in [0.717, 1.165) is 49.9 Å². The van der Waals surface area contributed by atoms with Crippen molar-refractivity contribution in [2.75, 3.05) is 32.7 Å².